The number of quaternary nitrogens is 1. The van der Waals surface area contributed by atoms with Crippen molar-refractivity contribution in [3.05, 3.63) is 0 Å². The molecule has 0 aromatic heterocycles. The van der Waals surface area contributed by atoms with Crippen LogP contribution in [0.5, 0.6) is 0 Å². The van der Waals surface area contributed by atoms with Gasteiger partial charge >= 0.3 is 5.84 Å². The Bertz CT molecular complexity index is 149. The Morgan fingerprint density at radius 1 is 1.60 bits per heavy atom. The maximum absolute atomic E-state index is 2.39. The van der Waals surface area contributed by atoms with E-state index in [1.165, 1.54) is 25.9 Å². The van der Waals surface area contributed by atoms with Crippen molar-refractivity contribution in [3.8, 4) is 0 Å². The molecule has 1 unspecified atom stereocenters. The van der Waals surface area contributed by atoms with Crippen LogP contribution in [-0.2, 0) is 0 Å². The minimum absolute atomic E-state index is 1.24. The highest BCUT2D eigenvalue weighted by Gasteiger charge is 2.27. The minimum atomic E-state index is 1.24. The second-order valence-electron chi connectivity index (χ2n) is 3.15. The first-order valence-electron chi connectivity index (χ1n) is 4.15. The van der Waals surface area contributed by atoms with E-state index in [0.29, 0.717) is 0 Å². The molecule has 58 valence electrons. The molecule has 0 bridgehead atoms. The summed E-state index contributed by atoms with van der Waals surface area (Å²) < 4.78 is 2.39. The van der Waals surface area contributed by atoms with Crippen molar-refractivity contribution in [2.24, 2.45) is 0 Å². The molecule has 0 spiro atoms. The molecule has 1 rings (SSSR count). The van der Waals surface area contributed by atoms with Crippen molar-refractivity contribution in [1.82, 2.24) is 0 Å². The van der Waals surface area contributed by atoms with Gasteiger partial charge in [0.05, 0.1) is 13.5 Å². The summed E-state index contributed by atoms with van der Waals surface area (Å²) in [7, 11) is 4.45. The molecule has 2 heteroatoms. The maximum Gasteiger partial charge on any atom is 0.336 e. The van der Waals surface area contributed by atoms with E-state index in [1.54, 1.807) is 10.7 Å². The van der Waals surface area contributed by atoms with Gasteiger partial charge in [0.2, 0.25) is 0 Å². The second kappa shape index (κ2) is 3.15. The zero-order valence-corrected chi connectivity index (χ0v) is 7.28. The van der Waals surface area contributed by atoms with Gasteiger partial charge in [-0.05, 0) is 6.42 Å². The molecule has 1 atom stereocenters. The molecule has 2 nitrogen and oxygen atoms in total. The first-order chi connectivity index (χ1) is 4.75. The Kier molecular flexibility index (Phi) is 2.44. The lowest BCUT2D eigenvalue weighted by atomic mass is 10.3. The van der Waals surface area contributed by atoms with Crippen LogP contribution in [0.15, 0.2) is 0 Å². The summed E-state index contributed by atoms with van der Waals surface area (Å²) in [6, 6.07) is 0. The first-order valence-corrected chi connectivity index (χ1v) is 4.15. The van der Waals surface area contributed by atoms with Gasteiger partial charge in [-0.25, -0.2) is 4.90 Å². The number of nitrogens with one attached hydrogen (secondary N) is 1. The largest absolute Gasteiger partial charge is 0.336 e. The minimum Gasteiger partial charge on any atom is -0.248 e. The molecule has 0 aromatic carbocycles. The highest BCUT2D eigenvalue weighted by molar-refractivity contribution is 5.68. The van der Waals surface area contributed by atoms with Crippen molar-refractivity contribution < 1.29 is 9.48 Å². The van der Waals surface area contributed by atoms with Gasteiger partial charge in [-0.2, -0.15) is 4.58 Å². The van der Waals surface area contributed by atoms with Crippen LogP contribution in [0.3, 0.4) is 0 Å². The van der Waals surface area contributed by atoms with E-state index >= 15 is 0 Å². The third kappa shape index (κ3) is 1.37. The maximum atomic E-state index is 2.39. The average Bonchev–Trinajstić information content (AvgIpc) is 2.20. The van der Waals surface area contributed by atoms with Crippen molar-refractivity contribution in [2.45, 2.75) is 19.8 Å². The van der Waals surface area contributed by atoms with E-state index in [-0.39, 0.29) is 0 Å². The standard InChI is InChI=1S/C8H17N2/c1-4-5-8-9(2)6-7-10(8)3/h4-7H2,1-3H3/q+1/p+1. The molecule has 10 heavy (non-hydrogen) atoms. The SMILES string of the molecule is CCCC1=[N+](C)CC[NH+]1C. The summed E-state index contributed by atoms with van der Waals surface area (Å²) in [5, 5.41) is 0. The Morgan fingerprint density at radius 3 is 2.70 bits per heavy atom. The molecule has 1 aliphatic rings. The smallest absolute Gasteiger partial charge is 0.248 e. The Hall–Kier alpha value is -0.370. The van der Waals surface area contributed by atoms with E-state index in [2.05, 4.69) is 25.6 Å². The van der Waals surface area contributed by atoms with E-state index in [1.807, 2.05) is 0 Å². The van der Waals surface area contributed by atoms with Gasteiger partial charge < -0.3 is 0 Å². The highest BCUT2D eigenvalue weighted by Crippen LogP contribution is 1.88. The van der Waals surface area contributed by atoms with Crippen molar-refractivity contribution in [3.63, 3.8) is 0 Å². The fraction of sp³-hybridized carbons (Fsp3) is 0.875. The molecule has 0 fully saturated rings. The van der Waals surface area contributed by atoms with Crippen molar-refractivity contribution in [2.75, 3.05) is 27.2 Å². The van der Waals surface area contributed by atoms with Crippen LogP contribution in [0.25, 0.3) is 0 Å². The van der Waals surface area contributed by atoms with Crippen LogP contribution in [-0.4, -0.2) is 37.6 Å². The van der Waals surface area contributed by atoms with Crippen molar-refractivity contribution in [1.29, 1.82) is 0 Å². The summed E-state index contributed by atoms with van der Waals surface area (Å²) in [5.41, 5.74) is 0. The lowest BCUT2D eigenvalue weighted by Crippen LogP contribution is -3.10. The summed E-state index contributed by atoms with van der Waals surface area (Å²) in [5.74, 6) is 1.59. The predicted molar refractivity (Wildman–Crippen MR) is 42.7 cm³/mol. The fourth-order valence-electron chi connectivity index (χ4n) is 1.58. The van der Waals surface area contributed by atoms with Gasteiger partial charge in [0.1, 0.15) is 13.6 Å². The Morgan fingerprint density at radius 2 is 2.30 bits per heavy atom. The highest BCUT2D eigenvalue weighted by atomic mass is 15.3. The van der Waals surface area contributed by atoms with Gasteiger partial charge in [0.25, 0.3) is 0 Å². The lowest BCUT2D eigenvalue weighted by Gasteiger charge is -2.00. The fourth-order valence-corrected chi connectivity index (χ4v) is 1.58. The van der Waals surface area contributed by atoms with E-state index in [4.69, 9.17) is 0 Å². The Labute approximate surface area is 63.2 Å². The quantitative estimate of drug-likeness (QED) is 0.490. The molecule has 1 heterocycles. The average molecular weight is 142 g/mol. The molecule has 0 amide bonds. The van der Waals surface area contributed by atoms with E-state index in [9.17, 15) is 0 Å². The van der Waals surface area contributed by atoms with E-state index < -0.39 is 0 Å². The Balaban J connectivity index is 2.59. The number of likely N-dealkylation sites (N-methyl/N-ethyl adjacent to an activating group) is 2. The molecule has 1 N–H and O–H groups in total. The van der Waals surface area contributed by atoms with Crippen LogP contribution in [0, 0.1) is 0 Å². The van der Waals surface area contributed by atoms with Crippen molar-refractivity contribution >= 4 is 5.84 Å². The predicted octanol–water partition coefficient (Wildman–Crippen LogP) is -0.644. The molecule has 0 saturated carbocycles. The summed E-state index contributed by atoms with van der Waals surface area (Å²) in [4.78, 5) is 1.60. The monoisotopic (exact) mass is 142 g/mol. The third-order valence-electron chi connectivity index (χ3n) is 2.26. The zero-order valence-electron chi connectivity index (χ0n) is 7.28. The summed E-state index contributed by atoms with van der Waals surface area (Å²) in [6.45, 7) is 4.76. The van der Waals surface area contributed by atoms with Crippen LogP contribution >= 0.6 is 0 Å². The second-order valence-corrected chi connectivity index (χ2v) is 3.15. The van der Waals surface area contributed by atoms with Crippen LogP contribution in [0.4, 0.5) is 0 Å². The van der Waals surface area contributed by atoms with Crippen LogP contribution < -0.4 is 4.90 Å². The molecule has 0 aliphatic carbocycles. The van der Waals surface area contributed by atoms with E-state index in [0.717, 1.165) is 0 Å². The first kappa shape index (κ1) is 7.73. The summed E-state index contributed by atoms with van der Waals surface area (Å²) >= 11 is 0. The van der Waals surface area contributed by atoms with Crippen LogP contribution in [0.2, 0.25) is 0 Å². The van der Waals surface area contributed by atoms with Gasteiger partial charge in [-0.15, -0.1) is 0 Å². The third-order valence-corrected chi connectivity index (χ3v) is 2.26. The number of rotatable bonds is 2. The van der Waals surface area contributed by atoms with Gasteiger partial charge in [-0.1, -0.05) is 6.92 Å². The zero-order chi connectivity index (χ0) is 7.56. The number of hydrogen-bond acceptors (Lipinski definition) is 0. The van der Waals surface area contributed by atoms with Gasteiger partial charge in [0.15, 0.2) is 6.54 Å². The molecule has 0 saturated heterocycles. The number of nitrogens with zero attached hydrogens (tertiary/aromatic N) is 1. The molecule has 0 radical (unpaired) electrons. The molecule has 0 aromatic rings. The van der Waals surface area contributed by atoms with Gasteiger partial charge in [-0.3, -0.25) is 0 Å². The topological polar surface area (TPSA) is 7.45 Å². The molecule has 1 aliphatic heterocycles. The number of hydrogen-bond donors (Lipinski definition) is 1. The number of amidine groups is 1. The van der Waals surface area contributed by atoms with Gasteiger partial charge in [0, 0.05) is 0 Å². The lowest BCUT2D eigenvalue weighted by molar-refractivity contribution is -0.779. The van der Waals surface area contributed by atoms with Crippen LogP contribution in [0.1, 0.15) is 19.8 Å². The summed E-state index contributed by atoms with van der Waals surface area (Å²) in [6.07, 6.45) is 2.54. The normalized spacial score (nSPS) is 26.1. The molecular formula is C8H18N2+2. The molecular weight excluding hydrogens is 124 g/mol.